The molecule has 1 aromatic rings. The third-order valence-electron chi connectivity index (χ3n) is 5.13. The van der Waals surface area contributed by atoms with Gasteiger partial charge >= 0.3 is 0 Å². The Labute approximate surface area is 155 Å². The van der Waals surface area contributed by atoms with Gasteiger partial charge in [0.05, 0.1) is 6.61 Å². The zero-order valence-electron chi connectivity index (χ0n) is 14.3. The molecule has 0 aromatic heterocycles. The second-order valence-electron chi connectivity index (χ2n) is 6.60. The summed E-state index contributed by atoms with van der Waals surface area (Å²) in [6.45, 7) is 2.13. The Morgan fingerprint density at radius 3 is 2.68 bits per heavy atom. The van der Waals surface area contributed by atoms with Crippen molar-refractivity contribution in [2.75, 3.05) is 32.5 Å². The van der Waals surface area contributed by atoms with Crippen molar-refractivity contribution in [3.05, 3.63) is 29.8 Å². The summed E-state index contributed by atoms with van der Waals surface area (Å²) >= 11 is 0. The SMILES string of the molecule is CS(=O)(=O)C1(C(=O)NCC2CCOc3ccccc32)CCNCC1.Cl. The molecule has 2 aliphatic rings. The van der Waals surface area contributed by atoms with Gasteiger partial charge in [-0.05, 0) is 44.0 Å². The average Bonchev–Trinajstić information content (AvgIpc) is 2.59. The minimum Gasteiger partial charge on any atom is -0.493 e. The summed E-state index contributed by atoms with van der Waals surface area (Å²) in [6, 6.07) is 7.80. The molecule has 0 radical (unpaired) electrons. The van der Waals surface area contributed by atoms with Crippen molar-refractivity contribution in [3.63, 3.8) is 0 Å². The Morgan fingerprint density at radius 1 is 1.32 bits per heavy atom. The van der Waals surface area contributed by atoms with Gasteiger partial charge in [-0.3, -0.25) is 4.79 Å². The molecule has 3 rings (SSSR count). The Bertz CT molecular complexity index is 717. The first-order chi connectivity index (χ1) is 11.4. The molecule has 8 heteroatoms. The summed E-state index contributed by atoms with van der Waals surface area (Å²) < 4.78 is 28.9. The van der Waals surface area contributed by atoms with Crippen molar-refractivity contribution >= 4 is 28.2 Å². The van der Waals surface area contributed by atoms with Gasteiger partial charge in [0.15, 0.2) is 14.6 Å². The molecule has 1 atom stereocenters. The van der Waals surface area contributed by atoms with Gasteiger partial charge < -0.3 is 15.4 Å². The molecule has 140 valence electrons. The maximum absolute atomic E-state index is 12.8. The Kier molecular flexibility index (Phi) is 6.35. The third kappa shape index (κ3) is 3.93. The normalized spacial score (nSPS) is 22.0. The molecule has 0 bridgehead atoms. The fourth-order valence-electron chi connectivity index (χ4n) is 3.60. The second kappa shape index (κ2) is 7.93. The van der Waals surface area contributed by atoms with Gasteiger partial charge in [0, 0.05) is 18.7 Å². The Morgan fingerprint density at radius 2 is 2.00 bits per heavy atom. The van der Waals surface area contributed by atoms with E-state index in [0.29, 0.717) is 39.1 Å². The predicted molar refractivity (Wildman–Crippen MR) is 99.2 cm³/mol. The summed E-state index contributed by atoms with van der Waals surface area (Å²) in [7, 11) is -3.48. The van der Waals surface area contributed by atoms with Crippen LogP contribution >= 0.6 is 12.4 Å². The van der Waals surface area contributed by atoms with E-state index in [1.54, 1.807) is 0 Å². The van der Waals surface area contributed by atoms with Crippen molar-refractivity contribution in [2.45, 2.75) is 29.9 Å². The molecule has 2 N–H and O–H groups in total. The molecule has 0 spiro atoms. The van der Waals surface area contributed by atoms with Gasteiger partial charge in [-0.1, -0.05) is 18.2 Å². The summed E-state index contributed by atoms with van der Waals surface area (Å²) in [5.74, 6) is 0.635. The van der Waals surface area contributed by atoms with Crippen LogP contribution in [0.2, 0.25) is 0 Å². The number of piperidine rings is 1. The second-order valence-corrected chi connectivity index (χ2v) is 8.92. The summed E-state index contributed by atoms with van der Waals surface area (Å²) in [5.41, 5.74) is 1.07. The molecule has 1 fully saturated rings. The molecule has 2 heterocycles. The smallest absolute Gasteiger partial charge is 0.241 e. The van der Waals surface area contributed by atoms with Gasteiger partial charge in [0.1, 0.15) is 5.75 Å². The lowest BCUT2D eigenvalue weighted by molar-refractivity contribution is -0.124. The number of hydrogen-bond donors (Lipinski definition) is 2. The van der Waals surface area contributed by atoms with Crippen molar-refractivity contribution in [1.29, 1.82) is 0 Å². The Balaban J connectivity index is 0.00000225. The zero-order chi connectivity index (χ0) is 17.2. The standard InChI is InChI=1S/C17H24N2O4S.ClH/c1-24(21,22)17(7-9-18-10-8-17)16(20)19-12-13-6-11-23-15-5-3-2-4-14(13)15;/h2-5,13,18H,6-12H2,1H3,(H,19,20);1H. The topological polar surface area (TPSA) is 84.5 Å². The zero-order valence-corrected chi connectivity index (χ0v) is 15.9. The van der Waals surface area contributed by atoms with Crippen LogP contribution in [0.4, 0.5) is 0 Å². The molecular formula is C17H25ClN2O4S. The lowest BCUT2D eigenvalue weighted by Crippen LogP contribution is -2.57. The van der Waals surface area contributed by atoms with Crippen LogP contribution in [0.25, 0.3) is 0 Å². The van der Waals surface area contributed by atoms with E-state index in [2.05, 4.69) is 10.6 Å². The number of rotatable bonds is 4. The number of hydrogen-bond acceptors (Lipinski definition) is 5. The van der Waals surface area contributed by atoms with E-state index in [0.717, 1.165) is 17.7 Å². The van der Waals surface area contributed by atoms with Crippen LogP contribution in [0, 0.1) is 0 Å². The number of benzene rings is 1. The van der Waals surface area contributed by atoms with Crippen LogP contribution in [0.3, 0.4) is 0 Å². The van der Waals surface area contributed by atoms with Crippen molar-refractivity contribution < 1.29 is 17.9 Å². The van der Waals surface area contributed by atoms with Gasteiger partial charge in [-0.2, -0.15) is 0 Å². The summed E-state index contributed by atoms with van der Waals surface area (Å²) in [5, 5.41) is 6.03. The molecule has 0 aliphatic carbocycles. The third-order valence-corrected chi connectivity index (χ3v) is 7.14. The van der Waals surface area contributed by atoms with Gasteiger partial charge in [-0.15, -0.1) is 12.4 Å². The molecule has 2 aliphatic heterocycles. The summed E-state index contributed by atoms with van der Waals surface area (Å²) in [6.07, 6.45) is 2.62. The molecule has 1 saturated heterocycles. The van der Waals surface area contributed by atoms with E-state index >= 15 is 0 Å². The maximum atomic E-state index is 12.8. The molecular weight excluding hydrogens is 364 g/mol. The van der Waals surface area contributed by atoms with Crippen molar-refractivity contribution in [3.8, 4) is 5.75 Å². The van der Waals surface area contributed by atoms with E-state index in [4.69, 9.17) is 4.74 Å². The average molecular weight is 389 g/mol. The Hall–Kier alpha value is -1.31. The molecule has 1 unspecified atom stereocenters. The summed E-state index contributed by atoms with van der Waals surface area (Å²) in [4.78, 5) is 12.8. The van der Waals surface area contributed by atoms with Crippen LogP contribution in [0.5, 0.6) is 5.75 Å². The fraction of sp³-hybridized carbons (Fsp3) is 0.588. The van der Waals surface area contributed by atoms with Gasteiger partial charge in [0.2, 0.25) is 5.91 Å². The highest BCUT2D eigenvalue weighted by atomic mass is 35.5. The van der Waals surface area contributed by atoms with Gasteiger partial charge in [0.25, 0.3) is 0 Å². The first kappa shape index (κ1) is 20.0. The molecule has 1 aromatic carbocycles. The first-order valence-corrected chi connectivity index (χ1v) is 10.2. The van der Waals surface area contributed by atoms with E-state index in [1.165, 1.54) is 6.26 Å². The lowest BCUT2D eigenvalue weighted by Gasteiger charge is -2.35. The van der Waals surface area contributed by atoms with E-state index in [1.807, 2.05) is 24.3 Å². The number of sulfone groups is 1. The first-order valence-electron chi connectivity index (χ1n) is 8.34. The number of halogens is 1. The number of carbonyl (C=O) groups is 1. The van der Waals surface area contributed by atoms with Crippen LogP contribution in [0.15, 0.2) is 24.3 Å². The number of carbonyl (C=O) groups excluding carboxylic acids is 1. The number of fused-ring (bicyclic) bond motifs is 1. The quantitative estimate of drug-likeness (QED) is 0.811. The van der Waals surface area contributed by atoms with Crippen molar-refractivity contribution in [2.24, 2.45) is 0 Å². The highest BCUT2D eigenvalue weighted by Crippen LogP contribution is 2.33. The van der Waals surface area contributed by atoms with Crippen LogP contribution in [-0.4, -0.2) is 51.6 Å². The molecule has 6 nitrogen and oxygen atoms in total. The van der Waals surface area contributed by atoms with E-state index in [-0.39, 0.29) is 24.2 Å². The highest BCUT2D eigenvalue weighted by molar-refractivity contribution is 7.92. The minimum absolute atomic E-state index is 0. The number of para-hydroxylation sites is 1. The maximum Gasteiger partial charge on any atom is 0.241 e. The van der Waals surface area contributed by atoms with Crippen LogP contribution in [-0.2, 0) is 14.6 Å². The minimum atomic E-state index is -3.48. The van der Waals surface area contributed by atoms with Crippen LogP contribution < -0.4 is 15.4 Å². The van der Waals surface area contributed by atoms with E-state index in [9.17, 15) is 13.2 Å². The largest absolute Gasteiger partial charge is 0.493 e. The fourth-order valence-corrected chi connectivity index (χ4v) is 4.96. The number of amides is 1. The predicted octanol–water partition coefficient (Wildman–Crippen LogP) is 1.26. The van der Waals surface area contributed by atoms with Gasteiger partial charge in [-0.25, -0.2) is 8.42 Å². The van der Waals surface area contributed by atoms with Crippen LogP contribution in [0.1, 0.15) is 30.7 Å². The molecule has 25 heavy (non-hydrogen) atoms. The number of nitrogens with one attached hydrogen (secondary N) is 2. The van der Waals surface area contributed by atoms with Crippen molar-refractivity contribution in [1.82, 2.24) is 10.6 Å². The lowest BCUT2D eigenvalue weighted by atomic mass is 9.92. The van der Waals surface area contributed by atoms with E-state index < -0.39 is 14.6 Å². The molecule has 0 saturated carbocycles. The molecule has 1 amide bonds. The monoisotopic (exact) mass is 388 g/mol. The number of ether oxygens (including phenoxy) is 1. The highest BCUT2D eigenvalue weighted by Gasteiger charge is 2.48.